The van der Waals surface area contributed by atoms with Crippen molar-refractivity contribution in [3.63, 3.8) is 0 Å². The number of halogens is 1. The van der Waals surface area contributed by atoms with E-state index in [2.05, 4.69) is 18.3 Å². The summed E-state index contributed by atoms with van der Waals surface area (Å²) in [5.41, 5.74) is 1.39. The van der Waals surface area contributed by atoms with Gasteiger partial charge >= 0.3 is 5.97 Å². The average Bonchev–Trinajstić information content (AvgIpc) is 2.03. The first-order valence-electron chi connectivity index (χ1n) is 4.29. The van der Waals surface area contributed by atoms with Crippen molar-refractivity contribution in [2.24, 2.45) is 0 Å². The van der Waals surface area contributed by atoms with Crippen LogP contribution in [0.5, 0.6) is 0 Å². The van der Waals surface area contributed by atoms with Crippen molar-refractivity contribution < 1.29 is 14.7 Å². The summed E-state index contributed by atoms with van der Waals surface area (Å²) in [7, 11) is 0. The first kappa shape index (κ1) is 16.2. The Kier molecular flexibility index (Phi) is 9.98. The predicted octanol–water partition coefficient (Wildman–Crippen LogP) is 1.52. The molecular formula is C10H16ClNO3. The standard InChI is InChI=1S/C6H9N.C4H6O3.ClH/c1-6-3-2-4-7-5-6;1-3(5)2-4(6)7;/h2-4,7H,5H2,1H3;2H2,1H3,(H,6,7);1H. The molecule has 86 valence electrons. The lowest BCUT2D eigenvalue weighted by molar-refractivity contribution is -0.139. The summed E-state index contributed by atoms with van der Waals surface area (Å²) < 4.78 is 0. The van der Waals surface area contributed by atoms with Gasteiger partial charge in [-0.1, -0.05) is 11.6 Å². The van der Waals surface area contributed by atoms with Crippen molar-refractivity contribution in [2.75, 3.05) is 6.54 Å². The van der Waals surface area contributed by atoms with Gasteiger partial charge in [0.1, 0.15) is 12.2 Å². The summed E-state index contributed by atoms with van der Waals surface area (Å²) in [4.78, 5) is 19.5. The fourth-order valence-corrected chi connectivity index (χ4v) is 0.772. The van der Waals surface area contributed by atoms with Gasteiger partial charge in [0.25, 0.3) is 0 Å². The van der Waals surface area contributed by atoms with Crippen LogP contribution in [0.4, 0.5) is 0 Å². The second-order valence-corrected chi connectivity index (χ2v) is 3.03. The molecule has 1 rings (SSSR count). The second kappa shape index (κ2) is 9.27. The molecule has 0 aromatic heterocycles. The molecule has 0 spiro atoms. The maximum Gasteiger partial charge on any atom is 0.310 e. The van der Waals surface area contributed by atoms with Crippen LogP contribution in [0, 0.1) is 0 Å². The van der Waals surface area contributed by atoms with Gasteiger partial charge in [-0.25, -0.2) is 0 Å². The molecule has 0 amide bonds. The summed E-state index contributed by atoms with van der Waals surface area (Å²) in [5, 5.41) is 10.9. The Morgan fingerprint density at radius 1 is 1.53 bits per heavy atom. The Labute approximate surface area is 95.5 Å². The van der Waals surface area contributed by atoms with E-state index in [9.17, 15) is 9.59 Å². The second-order valence-electron chi connectivity index (χ2n) is 3.03. The third-order valence-corrected chi connectivity index (χ3v) is 1.38. The van der Waals surface area contributed by atoms with E-state index in [0.717, 1.165) is 6.54 Å². The number of aliphatic carboxylic acids is 1. The minimum Gasteiger partial charge on any atom is -0.481 e. The normalized spacial score (nSPS) is 12.3. The molecule has 0 saturated heterocycles. The molecule has 1 heterocycles. The number of carboxylic acids is 1. The number of hydrogen-bond donors (Lipinski definition) is 2. The van der Waals surface area contributed by atoms with Gasteiger partial charge < -0.3 is 10.4 Å². The summed E-state index contributed by atoms with van der Waals surface area (Å²) >= 11 is 0. The highest BCUT2D eigenvalue weighted by atomic mass is 35.5. The molecule has 0 radical (unpaired) electrons. The number of carbonyl (C=O) groups excluding carboxylic acids is 1. The molecule has 2 N–H and O–H groups in total. The number of carbonyl (C=O) groups is 2. The highest BCUT2D eigenvalue weighted by Gasteiger charge is 1.98. The molecule has 0 atom stereocenters. The van der Waals surface area contributed by atoms with Gasteiger partial charge in [-0.15, -0.1) is 12.4 Å². The molecule has 0 bridgehead atoms. The summed E-state index contributed by atoms with van der Waals surface area (Å²) in [6, 6.07) is 0. The molecule has 0 saturated carbocycles. The summed E-state index contributed by atoms with van der Waals surface area (Å²) in [6.45, 7) is 4.36. The molecule has 0 unspecified atom stereocenters. The highest BCUT2D eigenvalue weighted by Crippen LogP contribution is 1.93. The molecule has 5 heteroatoms. The number of nitrogens with one attached hydrogen (secondary N) is 1. The fourth-order valence-electron chi connectivity index (χ4n) is 0.772. The minimum absolute atomic E-state index is 0. The van der Waals surface area contributed by atoms with E-state index in [0.29, 0.717) is 0 Å². The van der Waals surface area contributed by atoms with Crippen LogP contribution in [-0.4, -0.2) is 23.4 Å². The lowest BCUT2D eigenvalue weighted by Gasteiger charge is -2.02. The maximum absolute atomic E-state index is 9.87. The van der Waals surface area contributed by atoms with E-state index in [1.165, 1.54) is 12.5 Å². The van der Waals surface area contributed by atoms with E-state index in [1.54, 1.807) is 0 Å². The molecule has 15 heavy (non-hydrogen) atoms. The van der Waals surface area contributed by atoms with E-state index in [4.69, 9.17) is 5.11 Å². The van der Waals surface area contributed by atoms with Crippen molar-refractivity contribution in [1.82, 2.24) is 5.32 Å². The van der Waals surface area contributed by atoms with Crippen LogP contribution in [0.1, 0.15) is 20.3 Å². The van der Waals surface area contributed by atoms with Gasteiger partial charge in [-0.2, -0.15) is 0 Å². The molecule has 4 nitrogen and oxygen atoms in total. The molecule has 1 aliphatic heterocycles. The number of Topliss-reactive ketones (excluding diaryl/α,β-unsaturated/α-hetero) is 1. The first-order chi connectivity index (χ1) is 6.52. The zero-order chi connectivity index (χ0) is 11.0. The third kappa shape index (κ3) is 12.7. The number of rotatable bonds is 2. The zero-order valence-corrected chi connectivity index (χ0v) is 9.63. The van der Waals surface area contributed by atoms with Crippen molar-refractivity contribution >= 4 is 24.2 Å². The Balaban J connectivity index is 0. The minimum atomic E-state index is -1.06. The number of allylic oxidation sites excluding steroid dienone is 2. The molecular weight excluding hydrogens is 218 g/mol. The van der Waals surface area contributed by atoms with Gasteiger partial charge in [0.2, 0.25) is 0 Å². The number of ketones is 1. The van der Waals surface area contributed by atoms with Crippen molar-refractivity contribution in [3.05, 3.63) is 23.9 Å². The Morgan fingerprint density at radius 3 is 2.27 bits per heavy atom. The van der Waals surface area contributed by atoms with Gasteiger partial charge in [0.05, 0.1) is 0 Å². The summed E-state index contributed by atoms with van der Waals surface area (Å²) in [6.07, 6.45) is 5.71. The SMILES string of the molecule is CC(=O)CC(=O)O.CC1=CC=CNC1.Cl. The van der Waals surface area contributed by atoms with Gasteiger partial charge in [0, 0.05) is 6.54 Å². The molecule has 0 aromatic rings. The van der Waals surface area contributed by atoms with Crippen molar-refractivity contribution in [1.29, 1.82) is 0 Å². The third-order valence-electron chi connectivity index (χ3n) is 1.38. The Morgan fingerprint density at radius 2 is 2.13 bits per heavy atom. The quantitative estimate of drug-likeness (QED) is 0.710. The average molecular weight is 234 g/mol. The van der Waals surface area contributed by atoms with Crippen molar-refractivity contribution in [3.8, 4) is 0 Å². The van der Waals surface area contributed by atoms with Crippen LogP contribution >= 0.6 is 12.4 Å². The summed E-state index contributed by atoms with van der Waals surface area (Å²) in [5.74, 6) is -1.37. The van der Waals surface area contributed by atoms with E-state index in [-0.39, 0.29) is 24.6 Å². The smallest absolute Gasteiger partial charge is 0.310 e. The monoisotopic (exact) mass is 233 g/mol. The zero-order valence-electron chi connectivity index (χ0n) is 8.82. The fraction of sp³-hybridized carbons (Fsp3) is 0.400. The molecule has 0 aliphatic carbocycles. The Bertz CT molecular complexity index is 260. The lowest BCUT2D eigenvalue weighted by atomic mass is 10.2. The largest absolute Gasteiger partial charge is 0.481 e. The number of hydrogen-bond acceptors (Lipinski definition) is 3. The van der Waals surface area contributed by atoms with Crippen LogP contribution in [0.25, 0.3) is 0 Å². The van der Waals surface area contributed by atoms with Crippen LogP contribution in [0.3, 0.4) is 0 Å². The predicted molar refractivity (Wildman–Crippen MR) is 61.1 cm³/mol. The lowest BCUT2D eigenvalue weighted by Crippen LogP contribution is -2.10. The molecule has 1 aliphatic rings. The highest BCUT2D eigenvalue weighted by molar-refractivity contribution is 5.93. The molecule has 0 fully saturated rings. The number of carboxylic acid groups (broad SMARTS) is 1. The first-order valence-corrected chi connectivity index (χ1v) is 4.29. The van der Waals surface area contributed by atoms with Crippen LogP contribution in [0.15, 0.2) is 23.9 Å². The van der Waals surface area contributed by atoms with Gasteiger partial charge in [-0.05, 0) is 26.1 Å². The van der Waals surface area contributed by atoms with E-state index >= 15 is 0 Å². The topological polar surface area (TPSA) is 66.4 Å². The molecule has 0 aromatic carbocycles. The Hall–Kier alpha value is -1.29. The van der Waals surface area contributed by atoms with Gasteiger partial charge in [-0.3, -0.25) is 9.59 Å². The van der Waals surface area contributed by atoms with Crippen LogP contribution in [0.2, 0.25) is 0 Å². The van der Waals surface area contributed by atoms with E-state index in [1.807, 2.05) is 12.3 Å². The van der Waals surface area contributed by atoms with Crippen LogP contribution < -0.4 is 5.32 Å². The number of dihydropyridines is 1. The van der Waals surface area contributed by atoms with Crippen molar-refractivity contribution in [2.45, 2.75) is 20.3 Å². The van der Waals surface area contributed by atoms with Crippen LogP contribution in [-0.2, 0) is 9.59 Å². The van der Waals surface area contributed by atoms with E-state index < -0.39 is 5.97 Å². The maximum atomic E-state index is 9.87. The van der Waals surface area contributed by atoms with Gasteiger partial charge in [0.15, 0.2) is 0 Å².